The summed E-state index contributed by atoms with van der Waals surface area (Å²) in [6, 6.07) is 10.8. The summed E-state index contributed by atoms with van der Waals surface area (Å²) in [6.07, 6.45) is 14.1. The number of rotatable bonds is 17. The maximum absolute atomic E-state index is 12.8. The number of amides is 2. The molecule has 0 aliphatic carbocycles. The van der Waals surface area contributed by atoms with Crippen molar-refractivity contribution in [3.63, 3.8) is 0 Å². The number of carbonyl (C=O) groups excluding carboxylic acids is 2. The Morgan fingerprint density at radius 3 is 1.33 bits per heavy atom. The normalized spacial score (nSPS) is 10.8. The number of nitrogen functional groups attached to an aromatic ring is 2. The fourth-order valence-electron chi connectivity index (χ4n) is 4.27. The Balaban J connectivity index is 1.97. The predicted molar refractivity (Wildman–Crippen MR) is 152 cm³/mol. The van der Waals surface area contributed by atoms with Gasteiger partial charge in [0.2, 0.25) is 0 Å². The molecule has 36 heavy (non-hydrogen) atoms. The lowest BCUT2D eigenvalue weighted by molar-refractivity contribution is 0.0945. The number of hydrogen-bond acceptors (Lipinski definition) is 4. The van der Waals surface area contributed by atoms with Crippen LogP contribution < -0.4 is 22.1 Å². The SMILES string of the molecule is CCCCCCCCNC(=O)c1cc(-c2ccc(N)c(C(=O)NCCCCCCCC)c2)ccc1N. The molecule has 0 unspecified atom stereocenters. The van der Waals surface area contributed by atoms with Crippen LogP contribution in [0.5, 0.6) is 0 Å². The zero-order valence-corrected chi connectivity index (χ0v) is 22.3. The van der Waals surface area contributed by atoms with Crippen molar-refractivity contribution in [2.45, 2.75) is 90.9 Å². The van der Waals surface area contributed by atoms with E-state index >= 15 is 0 Å². The second-order valence-electron chi connectivity index (χ2n) is 9.65. The first-order valence-corrected chi connectivity index (χ1v) is 13.8. The first-order valence-electron chi connectivity index (χ1n) is 13.8. The number of nitrogens with two attached hydrogens (primary N) is 2. The third-order valence-electron chi connectivity index (χ3n) is 6.56. The van der Waals surface area contributed by atoms with E-state index in [0.29, 0.717) is 35.6 Å². The van der Waals surface area contributed by atoms with Crippen molar-refractivity contribution in [3.8, 4) is 11.1 Å². The zero-order chi connectivity index (χ0) is 26.2. The molecule has 0 aromatic heterocycles. The average Bonchev–Trinajstić information content (AvgIpc) is 2.88. The molecule has 2 aromatic carbocycles. The van der Waals surface area contributed by atoms with Gasteiger partial charge in [-0.15, -0.1) is 0 Å². The van der Waals surface area contributed by atoms with Crippen LogP contribution >= 0.6 is 0 Å². The summed E-state index contributed by atoms with van der Waals surface area (Å²) in [6.45, 7) is 5.69. The number of benzene rings is 2. The molecule has 6 nitrogen and oxygen atoms in total. The standard InChI is InChI=1S/C30H46N4O2/c1-3-5-7-9-11-13-19-33-29(35)25-21-23(15-17-27(25)31)24-16-18-28(32)26(22-24)30(36)34-20-14-12-10-8-6-4-2/h15-18,21-22H,3-14,19-20,31-32H2,1-2H3,(H,33,35)(H,34,36). The van der Waals surface area contributed by atoms with E-state index in [1.54, 1.807) is 24.3 Å². The third-order valence-corrected chi connectivity index (χ3v) is 6.56. The Hall–Kier alpha value is -3.02. The molecule has 0 bridgehead atoms. The van der Waals surface area contributed by atoms with Crippen molar-refractivity contribution in [2.75, 3.05) is 24.6 Å². The van der Waals surface area contributed by atoms with Crippen molar-refractivity contribution < 1.29 is 9.59 Å². The van der Waals surface area contributed by atoms with E-state index in [1.807, 2.05) is 12.1 Å². The highest BCUT2D eigenvalue weighted by Crippen LogP contribution is 2.27. The second kappa shape index (κ2) is 16.6. The number of nitrogens with one attached hydrogen (secondary N) is 2. The average molecular weight is 495 g/mol. The smallest absolute Gasteiger partial charge is 0.253 e. The molecule has 6 N–H and O–H groups in total. The maximum Gasteiger partial charge on any atom is 0.253 e. The summed E-state index contributed by atoms with van der Waals surface area (Å²) in [5.74, 6) is -0.342. The molecular formula is C30H46N4O2. The van der Waals surface area contributed by atoms with Gasteiger partial charge in [0.25, 0.3) is 11.8 Å². The highest BCUT2D eigenvalue weighted by atomic mass is 16.2. The van der Waals surface area contributed by atoms with Crippen LogP contribution in [0.2, 0.25) is 0 Å². The molecule has 0 heterocycles. The fourth-order valence-corrected chi connectivity index (χ4v) is 4.27. The summed E-state index contributed by atoms with van der Waals surface area (Å²) in [5, 5.41) is 5.98. The molecule has 0 aliphatic rings. The fraction of sp³-hybridized carbons (Fsp3) is 0.533. The van der Waals surface area contributed by atoms with Gasteiger partial charge in [0.1, 0.15) is 0 Å². The van der Waals surface area contributed by atoms with Gasteiger partial charge in [-0.1, -0.05) is 90.2 Å². The van der Waals surface area contributed by atoms with Crippen molar-refractivity contribution in [2.24, 2.45) is 0 Å². The first kappa shape index (κ1) is 29.2. The molecule has 0 aliphatic heterocycles. The Morgan fingerprint density at radius 2 is 0.944 bits per heavy atom. The minimum Gasteiger partial charge on any atom is -0.398 e. The number of hydrogen-bond donors (Lipinski definition) is 4. The Morgan fingerprint density at radius 1 is 0.583 bits per heavy atom. The second-order valence-corrected chi connectivity index (χ2v) is 9.65. The minimum atomic E-state index is -0.171. The van der Waals surface area contributed by atoms with Crippen molar-refractivity contribution in [1.29, 1.82) is 0 Å². The Bertz CT molecular complexity index is 880. The lowest BCUT2D eigenvalue weighted by Gasteiger charge is -2.12. The highest BCUT2D eigenvalue weighted by molar-refractivity contribution is 6.02. The summed E-state index contributed by atoms with van der Waals surface area (Å²) in [7, 11) is 0. The van der Waals surface area contributed by atoms with Gasteiger partial charge in [0.05, 0.1) is 11.1 Å². The number of carbonyl (C=O) groups is 2. The van der Waals surface area contributed by atoms with Gasteiger partial charge < -0.3 is 22.1 Å². The zero-order valence-electron chi connectivity index (χ0n) is 22.3. The third kappa shape index (κ3) is 9.92. The molecule has 2 rings (SSSR count). The molecule has 2 amide bonds. The Kier molecular flexibility index (Phi) is 13.5. The molecule has 0 spiro atoms. The molecule has 0 saturated carbocycles. The van der Waals surface area contributed by atoms with Gasteiger partial charge in [0, 0.05) is 24.5 Å². The van der Waals surface area contributed by atoms with E-state index in [-0.39, 0.29) is 11.8 Å². The van der Waals surface area contributed by atoms with Gasteiger partial charge in [-0.2, -0.15) is 0 Å². The molecule has 6 heteroatoms. The topological polar surface area (TPSA) is 110 Å². The summed E-state index contributed by atoms with van der Waals surface area (Å²) < 4.78 is 0. The van der Waals surface area contributed by atoms with Crippen LogP contribution in [0, 0.1) is 0 Å². The molecular weight excluding hydrogens is 448 g/mol. The van der Waals surface area contributed by atoms with E-state index in [2.05, 4.69) is 24.5 Å². The van der Waals surface area contributed by atoms with Crippen LogP contribution in [0.3, 0.4) is 0 Å². The largest absolute Gasteiger partial charge is 0.398 e. The van der Waals surface area contributed by atoms with E-state index < -0.39 is 0 Å². The van der Waals surface area contributed by atoms with Crippen molar-refractivity contribution in [1.82, 2.24) is 10.6 Å². The molecule has 0 fully saturated rings. The maximum atomic E-state index is 12.8. The van der Waals surface area contributed by atoms with Gasteiger partial charge >= 0.3 is 0 Å². The molecule has 0 atom stereocenters. The lowest BCUT2D eigenvalue weighted by Crippen LogP contribution is -2.25. The molecule has 0 radical (unpaired) electrons. The summed E-state index contributed by atoms with van der Waals surface area (Å²) >= 11 is 0. The van der Waals surface area contributed by atoms with Crippen LogP contribution in [0.15, 0.2) is 36.4 Å². The monoisotopic (exact) mass is 494 g/mol. The molecule has 0 saturated heterocycles. The van der Waals surface area contributed by atoms with Gasteiger partial charge in [-0.3, -0.25) is 9.59 Å². The van der Waals surface area contributed by atoms with Crippen LogP contribution in [0.1, 0.15) is 112 Å². The number of unbranched alkanes of at least 4 members (excludes halogenated alkanes) is 10. The highest BCUT2D eigenvalue weighted by Gasteiger charge is 2.14. The quantitative estimate of drug-likeness (QED) is 0.145. The lowest BCUT2D eigenvalue weighted by atomic mass is 9.98. The predicted octanol–water partition coefficient (Wildman–Crippen LogP) is 6.70. The number of anilines is 2. The van der Waals surface area contributed by atoms with E-state index in [1.165, 1.54) is 51.4 Å². The summed E-state index contributed by atoms with van der Waals surface area (Å²) in [5.41, 5.74) is 15.6. The Labute approximate surface area is 217 Å². The van der Waals surface area contributed by atoms with Crippen LogP contribution in [-0.2, 0) is 0 Å². The summed E-state index contributed by atoms with van der Waals surface area (Å²) in [4.78, 5) is 25.5. The van der Waals surface area contributed by atoms with E-state index in [9.17, 15) is 9.59 Å². The van der Waals surface area contributed by atoms with Crippen molar-refractivity contribution in [3.05, 3.63) is 47.5 Å². The van der Waals surface area contributed by atoms with Gasteiger partial charge in [-0.05, 0) is 48.2 Å². The molecule has 2 aromatic rings. The van der Waals surface area contributed by atoms with E-state index in [0.717, 1.165) is 36.8 Å². The minimum absolute atomic E-state index is 0.171. The van der Waals surface area contributed by atoms with Crippen molar-refractivity contribution >= 4 is 23.2 Å². The van der Waals surface area contributed by atoms with Crippen LogP contribution in [-0.4, -0.2) is 24.9 Å². The van der Waals surface area contributed by atoms with E-state index in [4.69, 9.17) is 11.5 Å². The van der Waals surface area contributed by atoms with Gasteiger partial charge in [-0.25, -0.2) is 0 Å². The van der Waals surface area contributed by atoms with Gasteiger partial charge in [0.15, 0.2) is 0 Å². The molecule has 198 valence electrons. The van der Waals surface area contributed by atoms with Crippen LogP contribution in [0.4, 0.5) is 11.4 Å². The van der Waals surface area contributed by atoms with Crippen LogP contribution in [0.25, 0.3) is 11.1 Å². The first-order chi connectivity index (χ1) is 17.5.